The number of hydrogen-bond acceptors (Lipinski definition) is 7. The Bertz CT molecular complexity index is 855. The van der Waals surface area contributed by atoms with Crippen molar-refractivity contribution in [3.63, 3.8) is 0 Å². The first-order valence-corrected chi connectivity index (χ1v) is 13.0. The molecule has 33 heavy (non-hydrogen) atoms. The molecule has 1 aromatic rings. The zero-order valence-corrected chi connectivity index (χ0v) is 22.5. The molecule has 0 bridgehead atoms. The number of hydrogen-bond donors (Lipinski definition) is 1. The molecule has 2 heterocycles. The van der Waals surface area contributed by atoms with Crippen molar-refractivity contribution >= 4 is 8.53 Å². The normalized spacial score (nSPS) is 22.6. The van der Waals surface area contributed by atoms with Crippen LogP contribution in [0, 0.1) is 6.92 Å². The molecule has 1 aliphatic rings. The largest absolute Gasteiger partial charge is 0.373 e. The van der Waals surface area contributed by atoms with Crippen LogP contribution in [0.5, 0.6) is 0 Å². The van der Waals surface area contributed by atoms with Gasteiger partial charge in [0.15, 0.2) is 0 Å². The third-order valence-corrected chi connectivity index (χ3v) is 7.35. The fraction of sp³-hybridized carbons (Fsp3) is 0.826. The second-order valence-electron chi connectivity index (χ2n) is 10.0. The van der Waals surface area contributed by atoms with Gasteiger partial charge in [-0.25, -0.2) is 9.46 Å². The lowest BCUT2D eigenvalue weighted by molar-refractivity contribution is -0.0977. The van der Waals surface area contributed by atoms with E-state index in [1.165, 1.54) is 4.57 Å². The Hall–Kier alpha value is -1.09. The average Bonchev–Trinajstić information content (AvgIpc) is 3.08. The smallest absolute Gasteiger partial charge is 0.330 e. The van der Waals surface area contributed by atoms with E-state index in [9.17, 15) is 9.59 Å². The summed E-state index contributed by atoms with van der Waals surface area (Å²) in [5, 5.41) is 0. The molecule has 10 heteroatoms. The summed E-state index contributed by atoms with van der Waals surface area (Å²) in [6, 6.07) is 0.472. The van der Waals surface area contributed by atoms with Crippen molar-refractivity contribution in [1.29, 1.82) is 0 Å². The number of nitrogens with zero attached hydrogens (tertiary/aromatic N) is 2. The van der Waals surface area contributed by atoms with Crippen molar-refractivity contribution in [3.05, 3.63) is 32.6 Å². The fourth-order valence-electron chi connectivity index (χ4n) is 3.67. The second-order valence-corrected chi connectivity index (χ2v) is 11.5. The minimum Gasteiger partial charge on any atom is -0.373 e. The van der Waals surface area contributed by atoms with Crippen molar-refractivity contribution in [2.45, 2.75) is 111 Å². The van der Waals surface area contributed by atoms with Crippen LogP contribution in [0.4, 0.5) is 0 Å². The number of H-pyrrole nitrogens is 1. The van der Waals surface area contributed by atoms with Crippen molar-refractivity contribution in [2.24, 2.45) is 0 Å². The first-order valence-electron chi connectivity index (χ1n) is 11.8. The van der Waals surface area contributed by atoms with Gasteiger partial charge in [-0.05, 0) is 61.8 Å². The monoisotopic (exact) mass is 487 g/mol. The predicted octanol–water partition coefficient (Wildman–Crippen LogP) is 4.11. The van der Waals surface area contributed by atoms with Gasteiger partial charge >= 0.3 is 5.69 Å². The molecule has 9 nitrogen and oxygen atoms in total. The molecule has 1 saturated heterocycles. The number of ether oxygens (including phenoxy) is 2. The third kappa shape index (κ3) is 7.98. The van der Waals surface area contributed by atoms with Crippen LogP contribution in [-0.2, 0) is 18.5 Å². The Kier molecular flexibility index (Phi) is 10.3. The van der Waals surface area contributed by atoms with Gasteiger partial charge in [0, 0.05) is 30.3 Å². The number of aromatic amines is 1. The topological polar surface area (TPSA) is 95.0 Å². The minimum atomic E-state index is -1.34. The van der Waals surface area contributed by atoms with E-state index in [0.29, 0.717) is 25.2 Å². The third-order valence-electron chi connectivity index (χ3n) is 5.20. The van der Waals surface area contributed by atoms with Crippen LogP contribution < -0.4 is 11.2 Å². The zero-order chi connectivity index (χ0) is 24.9. The lowest BCUT2D eigenvalue weighted by Gasteiger charge is -2.37. The van der Waals surface area contributed by atoms with Gasteiger partial charge in [-0.15, -0.1) is 0 Å². The molecule has 2 rings (SSSR count). The van der Waals surface area contributed by atoms with Gasteiger partial charge < -0.3 is 18.5 Å². The first kappa shape index (κ1) is 28.1. The molecule has 1 aromatic heterocycles. The Morgan fingerprint density at radius 1 is 1.24 bits per heavy atom. The van der Waals surface area contributed by atoms with Gasteiger partial charge in [0.2, 0.25) is 0 Å². The molecule has 1 unspecified atom stereocenters. The first-order chi connectivity index (χ1) is 15.3. The van der Waals surface area contributed by atoms with E-state index in [1.54, 1.807) is 13.1 Å². The van der Waals surface area contributed by atoms with E-state index in [4.69, 9.17) is 18.5 Å². The highest BCUT2D eigenvalue weighted by Gasteiger charge is 2.42. The molecule has 1 N–H and O–H groups in total. The highest BCUT2D eigenvalue weighted by molar-refractivity contribution is 7.44. The maximum atomic E-state index is 12.5. The number of aryl methyl sites for hydroxylation is 1. The molecule has 190 valence electrons. The maximum absolute atomic E-state index is 12.5. The van der Waals surface area contributed by atoms with Crippen LogP contribution in [0.1, 0.15) is 80.0 Å². The zero-order valence-electron chi connectivity index (χ0n) is 21.6. The summed E-state index contributed by atoms with van der Waals surface area (Å²) < 4.78 is 28.8. The van der Waals surface area contributed by atoms with Crippen molar-refractivity contribution in [1.82, 2.24) is 14.2 Å². The lowest BCUT2D eigenvalue weighted by atomic mass is 10.1. The summed E-state index contributed by atoms with van der Waals surface area (Å²) in [4.78, 5) is 26.7. The van der Waals surface area contributed by atoms with E-state index >= 15 is 0 Å². The lowest BCUT2D eigenvalue weighted by Crippen LogP contribution is -2.37. The van der Waals surface area contributed by atoms with Gasteiger partial charge in [0.05, 0.1) is 24.9 Å². The van der Waals surface area contributed by atoms with E-state index in [1.807, 2.05) is 20.8 Å². The molecule has 1 aliphatic heterocycles. The van der Waals surface area contributed by atoms with E-state index in [0.717, 1.165) is 6.42 Å². The van der Waals surface area contributed by atoms with Crippen LogP contribution in [-0.4, -0.2) is 57.3 Å². The standard InChI is InChI=1S/C23H42N3O6P/c1-10-11-30-33(26(15(2)3)16(4)5)32-18-12-20(31-19(18)14-29-23(7,8)9)25-13-17(6)21(27)24-22(25)28/h13,15-16,18-20H,10-12,14H2,1-9H3,(H,24,27,28)/t18-,19-,20-,33?/m1/s1. The molecule has 0 aromatic carbocycles. The van der Waals surface area contributed by atoms with E-state index < -0.39 is 26.0 Å². The molecule has 0 aliphatic carbocycles. The van der Waals surface area contributed by atoms with Gasteiger partial charge in [-0.2, -0.15) is 0 Å². The Labute approximate surface area is 198 Å². The van der Waals surface area contributed by atoms with Crippen LogP contribution in [0.15, 0.2) is 15.8 Å². The predicted molar refractivity (Wildman–Crippen MR) is 130 cm³/mol. The average molecular weight is 488 g/mol. The molecule has 0 saturated carbocycles. The van der Waals surface area contributed by atoms with Crippen LogP contribution >= 0.6 is 8.53 Å². The molecule has 1 fully saturated rings. The Morgan fingerprint density at radius 3 is 2.42 bits per heavy atom. The van der Waals surface area contributed by atoms with Crippen LogP contribution in [0.2, 0.25) is 0 Å². The Balaban J connectivity index is 2.33. The van der Waals surface area contributed by atoms with Gasteiger partial charge in [-0.3, -0.25) is 14.3 Å². The van der Waals surface area contributed by atoms with Gasteiger partial charge in [-0.1, -0.05) is 6.92 Å². The number of aromatic nitrogens is 2. The second kappa shape index (κ2) is 12.0. The molecule has 0 radical (unpaired) electrons. The minimum absolute atomic E-state index is 0.236. The maximum Gasteiger partial charge on any atom is 0.330 e. The number of rotatable bonds is 11. The van der Waals surface area contributed by atoms with Crippen molar-refractivity contribution < 1.29 is 18.5 Å². The van der Waals surface area contributed by atoms with Gasteiger partial charge in [0.1, 0.15) is 12.3 Å². The van der Waals surface area contributed by atoms with Crippen LogP contribution in [0.25, 0.3) is 0 Å². The van der Waals surface area contributed by atoms with Crippen LogP contribution in [0.3, 0.4) is 0 Å². The highest BCUT2D eigenvalue weighted by atomic mass is 31.2. The summed E-state index contributed by atoms with van der Waals surface area (Å²) in [5.41, 5.74) is -0.787. The van der Waals surface area contributed by atoms with E-state index in [-0.39, 0.29) is 29.9 Å². The number of nitrogens with one attached hydrogen (secondary N) is 1. The van der Waals surface area contributed by atoms with Gasteiger partial charge in [0.25, 0.3) is 14.1 Å². The summed E-state index contributed by atoms with van der Waals surface area (Å²) in [7, 11) is -1.34. The molecule has 0 spiro atoms. The molecular weight excluding hydrogens is 445 g/mol. The molecule has 0 amide bonds. The van der Waals surface area contributed by atoms with Crippen molar-refractivity contribution in [3.8, 4) is 0 Å². The SMILES string of the molecule is CCCOP(O[C@@H]1C[C@H](n2cc(C)c(=O)[nH]c2=O)O[C@@H]1COC(C)(C)C)N(C(C)C)C(C)C. The summed E-state index contributed by atoms with van der Waals surface area (Å²) in [5.74, 6) is 0. The summed E-state index contributed by atoms with van der Waals surface area (Å²) >= 11 is 0. The quantitative estimate of drug-likeness (QED) is 0.470. The molecular formula is C23H42N3O6P. The molecule has 4 atom stereocenters. The fourth-order valence-corrected chi connectivity index (χ4v) is 5.52. The van der Waals surface area contributed by atoms with E-state index in [2.05, 4.69) is 44.3 Å². The highest BCUT2D eigenvalue weighted by Crippen LogP contribution is 2.50. The summed E-state index contributed by atoms with van der Waals surface area (Å²) in [6.45, 7) is 19.1. The van der Waals surface area contributed by atoms with Crippen molar-refractivity contribution in [2.75, 3.05) is 13.2 Å². The summed E-state index contributed by atoms with van der Waals surface area (Å²) in [6.07, 6.45) is 1.59. The Morgan fingerprint density at radius 2 is 1.88 bits per heavy atom.